The topological polar surface area (TPSA) is 54.7 Å². The molecule has 0 saturated carbocycles. The van der Waals surface area contributed by atoms with E-state index in [1.807, 2.05) is 6.20 Å². The lowest BCUT2D eigenvalue weighted by Crippen LogP contribution is -1.94. The van der Waals surface area contributed by atoms with E-state index in [0.29, 0.717) is 0 Å². The second kappa shape index (κ2) is 4.66. The average molecular weight is 289 g/mol. The van der Waals surface area contributed by atoms with E-state index in [9.17, 15) is 0 Å². The number of nitrogens with zero attached hydrogens (tertiary/aromatic N) is 2. The smallest absolute Gasteiger partial charge is 0.182 e. The number of imidazole rings is 1. The van der Waals surface area contributed by atoms with E-state index in [2.05, 4.69) is 52.8 Å². The van der Waals surface area contributed by atoms with E-state index >= 15 is 0 Å². The average Bonchev–Trinajstić information content (AvgIpc) is 3.05. The summed E-state index contributed by atoms with van der Waals surface area (Å²) in [5.74, 6) is 0.988. The molecule has 0 aliphatic heterocycles. The number of oxazole rings is 1. The minimum atomic E-state index is -0.857. The summed E-state index contributed by atoms with van der Waals surface area (Å²) in [4.78, 5) is 13.4. The minimum absolute atomic E-state index is 0.857. The van der Waals surface area contributed by atoms with Gasteiger partial charge < -0.3 is 9.40 Å². The van der Waals surface area contributed by atoms with Crippen LogP contribution in [-0.4, -0.2) is 33.7 Å². The maximum atomic E-state index is 5.65. The quantitative estimate of drug-likeness (QED) is 0.797. The standard InChI is InChI=1S/C15H19N3OS/c1-5-13-16-8-11(18-13)10-6-7-12(20(2,3)4)15-14(10)17-9-19-15/h6-9H,5H2,1-4H3,(H,16,18). The highest BCUT2D eigenvalue weighted by Gasteiger charge is 2.18. The molecule has 0 unspecified atom stereocenters. The number of hydrogen-bond acceptors (Lipinski definition) is 3. The molecule has 0 radical (unpaired) electrons. The van der Waals surface area contributed by atoms with E-state index < -0.39 is 10.0 Å². The Labute approximate surface area is 119 Å². The number of aromatic nitrogens is 3. The number of hydrogen-bond donors (Lipinski definition) is 1. The first-order chi connectivity index (χ1) is 9.50. The van der Waals surface area contributed by atoms with Gasteiger partial charge in [0.15, 0.2) is 12.0 Å². The summed E-state index contributed by atoms with van der Waals surface area (Å²) in [5.41, 5.74) is 3.86. The number of aromatic amines is 1. The molecule has 0 aliphatic rings. The molecule has 20 heavy (non-hydrogen) atoms. The van der Waals surface area contributed by atoms with E-state index in [0.717, 1.165) is 34.6 Å². The second-order valence-corrected chi connectivity index (χ2v) is 9.69. The molecule has 2 aromatic heterocycles. The first-order valence-electron chi connectivity index (χ1n) is 6.59. The van der Waals surface area contributed by atoms with Crippen molar-refractivity contribution in [1.82, 2.24) is 15.0 Å². The molecule has 1 N–H and O–H groups in total. The Morgan fingerprint density at radius 3 is 2.65 bits per heavy atom. The van der Waals surface area contributed by atoms with Crippen LogP contribution in [0, 0.1) is 0 Å². The summed E-state index contributed by atoms with van der Waals surface area (Å²) < 4.78 is 5.65. The highest BCUT2D eigenvalue weighted by molar-refractivity contribution is 8.32. The molecule has 0 atom stereocenters. The molecule has 0 amide bonds. The number of benzene rings is 1. The Bertz CT molecular complexity index is 752. The predicted molar refractivity (Wildman–Crippen MR) is 84.6 cm³/mol. The molecule has 5 heteroatoms. The van der Waals surface area contributed by atoms with Crippen molar-refractivity contribution in [3.05, 3.63) is 30.5 Å². The largest absolute Gasteiger partial charge is 0.442 e. The molecular formula is C15H19N3OS. The molecule has 1 aromatic carbocycles. The predicted octanol–water partition coefficient (Wildman–Crippen LogP) is 3.83. The zero-order chi connectivity index (χ0) is 14.3. The molecule has 0 fully saturated rings. The summed E-state index contributed by atoms with van der Waals surface area (Å²) in [7, 11) is -0.857. The monoisotopic (exact) mass is 289 g/mol. The number of rotatable bonds is 3. The van der Waals surface area contributed by atoms with E-state index in [1.165, 1.54) is 11.3 Å². The fourth-order valence-electron chi connectivity index (χ4n) is 2.31. The summed E-state index contributed by atoms with van der Waals surface area (Å²) in [6.07, 6.45) is 11.1. The van der Waals surface area contributed by atoms with Crippen molar-refractivity contribution >= 4 is 21.1 Å². The van der Waals surface area contributed by atoms with Gasteiger partial charge in [0.1, 0.15) is 11.3 Å². The van der Waals surface area contributed by atoms with Gasteiger partial charge >= 0.3 is 0 Å². The Hall–Kier alpha value is -1.75. The lowest BCUT2D eigenvalue weighted by atomic mass is 10.1. The third-order valence-corrected chi connectivity index (χ3v) is 5.00. The van der Waals surface area contributed by atoms with Gasteiger partial charge in [-0.25, -0.2) is 20.0 Å². The lowest BCUT2D eigenvalue weighted by molar-refractivity contribution is 0.595. The molecular weight excluding hydrogens is 270 g/mol. The SMILES string of the molecule is CCc1ncc(-c2ccc(S(C)(C)C)c3ocnc23)[nH]1. The van der Waals surface area contributed by atoms with E-state index in [1.54, 1.807) is 0 Å². The van der Waals surface area contributed by atoms with Crippen LogP contribution in [0.1, 0.15) is 12.7 Å². The normalized spacial score (nSPS) is 13.0. The van der Waals surface area contributed by atoms with E-state index in [4.69, 9.17) is 4.42 Å². The molecule has 106 valence electrons. The molecule has 0 spiro atoms. The summed E-state index contributed by atoms with van der Waals surface area (Å²) in [6.45, 7) is 2.08. The van der Waals surface area contributed by atoms with Crippen molar-refractivity contribution in [3.8, 4) is 11.3 Å². The van der Waals surface area contributed by atoms with Crippen molar-refractivity contribution in [2.24, 2.45) is 0 Å². The number of nitrogens with one attached hydrogen (secondary N) is 1. The highest BCUT2D eigenvalue weighted by atomic mass is 32.3. The molecule has 3 aromatic rings. The van der Waals surface area contributed by atoms with Crippen LogP contribution in [0.5, 0.6) is 0 Å². The number of aryl methyl sites for hydroxylation is 1. The number of H-pyrrole nitrogens is 1. The van der Waals surface area contributed by atoms with Gasteiger partial charge in [-0.1, -0.05) is 6.92 Å². The fourth-order valence-corrected chi connectivity index (χ4v) is 3.48. The Kier molecular flexibility index (Phi) is 3.09. The van der Waals surface area contributed by atoms with Gasteiger partial charge in [0.25, 0.3) is 0 Å². The van der Waals surface area contributed by atoms with Crippen molar-refractivity contribution in [1.29, 1.82) is 0 Å². The third-order valence-electron chi connectivity index (χ3n) is 3.36. The van der Waals surface area contributed by atoms with Crippen molar-refractivity contribution in [2.75, 3.05) is 18.8 Å². The molecule has 2 heterocycles. The maximum Gasteiger partial charge on any atom is 0.182 e. The van der Waals surface area contributed by atoms with Gasteiger partial charge in [-0.15, -0.1) is 0 Å². The van der Waals surface area contributed by atoms with Gasteiger partial charge in [-0.05, 0) is 30.9 Å². The first-order valence-corrected chi connectivity index (χ1v) is 9.45. The fraction of sp³-hybridized carbons (Fsp3) is 0.333. The Balaban J connectivity index is 2.21. The summed E-state index contributed by atoms with van der Waals surface area (Å²) in [6, 6.07) is 4.27. The van der Waals surface area contributed by atoms with Gasteiger partial charge in [0.2, 0.25) is 0 Å². The number of fused-ring (bicyclic) bond motifs is 1. The van der Waals surface area contributed by atoms with Crippen molar-refractivity contribution < 1.29 is 4.42 Å². The molecule has 4 nitrogen and oxygen atoms in total. The van der Waals surface area contributed by atoms with Crippen LogP contribution >= 0.6 is 10.0 Å². The second-order valence-electron chi connectivity index (χ2n) is 5.58. The minimum Gasteiger partial charge on any atom is -0.442 e. The van der Waals surface area contributed by atoms with Gasteiger partial charge in [0.05, 0.1) is 11.9 Å². The van der Waals surface area contributed by atoms with Gasteiger partial charge in [-0.2, -0.15) is 0 Å². The Morgan fingerprint density at radius 2 is 2.00 bits per heavy atom. The molecule has 3 rings (SSSR count). The third kappa shape index (κ3) is 2.12. The van der Waals surface area contributed by atoms with Crippen molar-refractivity contribution in [2.45, 2.75) is 18.2 Å². The van der Waals surface area contributed by atoms with Gasteiger partial charge in [0, 0.05) is 16.9 Å². The molecule has 0 saturated heterocycles. The van der Waals surface area contributed by atoms with Crippen LogP contribution in [0.4, 0.5) is 0 Å². The van der Waals surface area contributed by atoms with E-state index in [-0.39, 0.29) is 0 Å². The van der Waals surface area contributed by atoms with Crippen LogP contribution in [0.15, 0.2) is 34.0 Å². The lowest BCUT2D eigenvalue weighted by Gasteiger charge is -2.25. The van der Waals surface area contributed by atoms with Crippen molar-refractivity contribution in [3.63, 3.8) is 0 Å². The van der Waals surface area contributed by atoms with Crippen LogP contribution < -0.4 is 0 Å². The molecule has 0 bridgehead atoms. The zero-order valence-corrected chi connectivity index (χ0v) is 13.0. The highest BCUT2D eigenvalue weighted by Crippen LogP contribution is 2.49. The molecule has 0 aliphatic carbocycles. The Morgan fingerprint density at radius 1 is 1.20 bits per heavy atom. The van der Waals surface area contributed by atoms with Gasteiger partial charge in [-0.3, -0.25) is 0 Å². The van der Waals surface area contributed by atoms with Crippen LogP contribution in [0.2, 0.25) is 0 Å². The summed E-state index contributed by atoms with van der Waals surface area (Å²) in [5, 5.41) is 0. The van der Waals surface area contributed by atoms with Crippen LogP contribution in [0.3, 0.4) is 0 Å². The van der Waals surface area contributed by atoms with Crippen LogP contribution in [0.25, 0.3) is 22.4 Å². The van der Waals surface area contributed by atoms with Crippen LogP contribution in [-0.2, 0) is 6.42 Å². The summed E-state index contributed by atoms with van der Waals surface area (Å²) >= 11 is 0. The maximum absolute atomic E-state index is 5.65. The first kappa shape index (κ1) is 13.2. The zero-order valence-electron chi connectivity index (χ0n) is 12.2.